The molecule has 0 saturated heterocycles. The van der Waals surface area contributed by atoms with Crippen molar-refractivity contribution in [2.45, 2.75) is 43.6 Å². The highest BCUT2D eigenvalue weighted by Crippen LogP contribution is 2.44. The molecule has 0 saturated carbocycles. The Hall–Kier alpha value is -3.29. The van der Waals surface area contributed by atoms with E-state index in [1.807, 2.05) is 62.4 Å². The Labute approximate surface area is 213 Å². The van der Waals surface area contributed by atoms with E-state index < -0.39 is 5.97 Å². The zero-order valence-corrected chi connectivity index (χ0v) is 21.5. The third-order valence-electron chi connectivity index (χ3n) is 5.19. The molecular weight excluding hydrogens is 478 g/mol. The number of rotatable bonds is 7. The van der Waals surface area contributed by atoms with Crippen LogP contribution in [-0.4, -0.2) is 23.9 Å². The van der Waals surface area contributed by atoms with Crippen LogP contribution in [0.4, 0.5) is 5.69 Å². The molecule has 0 aromatic heterocycles. The molecule has 35 heavy (non-hydrogen) atoms. The van der Waals surface area contributed by atoms with Crippen molar-refractivity contribution in [3.63, 3.8) is 0 Å². The van der Waals surface area contributed by atoms with E-state index in [1.54, 1.807) is 38.1 Å². The molecule has 1 aliphatic heterocycles. The molecule has 0 unspecified atom stereocenters. The van der Waals surface area contributed by atoms with E-state index in [9.17, 15) is 14.4 Å². The molecule has 1 aliphatic rings. The summed E-state index contributed by atoms with van der Waals surface area (Å²) in [7, 11) is 0. The first-order chi connectivity index (χ1) is 16.7. The number of hydrogen-bond acceptors (Lipinski definition) is 6. The largest absolute Gasteiger partial charge is 0.459 e. The van der Waals surface area contributed by atoms with Gasteiger partial charge >= 0.3 is 5.97 Å². The molecule has 0 fully saturated rings. The van der Waals surface area contributed by atoms with Crippen molar-refractivity contribution in [3.8, 4) is 0 Å². The van der Waals surface area contributed by atoms with Crippen molar-refractivity contribution in [3.05, 3.63) is 99.3 Å². The Kier molecular flexibility index (Phi) is 7.48. The van der Waals surface area contributed by atoms with Crippen molar-refractivity contribution in [1.29, 1.82) is 0 Å². The van der Waals surface area contributed by atoms with Gasteiger partial charge in [-0.1, -0.05) is 58.9 Å². The average Bonchev–Trinajstić information content (AvgIpc) is 3.05. The standard InChI is InChI=1S/C28H25NO4S2/c1-17(2)33-28(32)20-9-11-21(12-10-20)29-26(30)24(34-22-13-5-18(3)6-14-22)25(27(29)31)35-23-15-7-19(4)8-16-23/h5-17H,1-4H3. The second-order valence-electron chi connectivity index (χ2n) is 8.44. The minimum absolute atomic E-state index is 0.240. The topological polar surface area (TPSA) is 63.7 Å². The van der Waals surface area contributed by atoms with Gasteiger partial charge in [-0.2, -0.15) is 0 Å². The van der Waals surface area contributed by atoms with Gasteiger partial charge in [-0.15, -0.1) is 0 Å². The number of carbonyl (C=O) groups excluding carboxylic acids is 3. The van der Waals surface area contributed by atoms with E-state index in [0.717, 1.165) is 20.9 Å². The second kappa shape index (κ2) is 10.5. The number of aryl methyl sites for hydroxylation is 2. The summed E-state index contributed by atoms with van der Waals surface area (Å²) < 4.78 is 5.23. The van der Waals surface area contributed by atoms with Crippen LogP contribution in [0.2, 0.25) is 0 Å². The Morgan fingerprint density at radius 1 is 0.714 bits per heavy atom. The van der Waals surface area contributed by atoms with Crippen molar-refractivity contribution in [2.24, 2.45) is 0 Å². The third-order valence-corrected chi connectivity index (χ3v) is 7.50. The lowest BCUT2D eigenvalue weighted by atomic mass is 10.2. The number of esters is 1. The van der Waals surface area contributed by atoms with Gasteiger partial charge in [0, 0.05) is 9.79 Å². The highest BCUT2D eigenvalue weighted by atomic mass is 32.2. The third kappa shape index (κ3) is 5.69. The van der Waals surface area contributed by atoms with E-state index in [2.05, 4.69) is 0 Å². The van der Waals surface area contributed by atoms with Gasteiger partial charge < -0.3 is 4.74 Å². The predicted octanol–water partition coefficient (Wildman–Crippen LogP) is 6.54. The molecule has 0 N–H and O–H groups in total. The van der Waals surface area contributed by atoms with Crippen molar-refractivity contribution in [2.75, 3.05) is 4.90 Å². The first-order valence-corrected chi connectivity index (χ1v) is 12.8. The average molecular weight is 504 g/mol. The molecule has 0 radical (unpaired) electrons. The van der Waals surface area contributed by atoms with E-state index in [4.69, 9.17) is 4.74 Å². The van der Waals surface area contributed by atoms with E-state index in [0.29, 0.717) is 21.1 Å². The molecule has 5 nitrogen and oxygen atoms in total. The van der Waals surface area contributed by atoms with Crippen LogP contribution in [0.3, 0.4) is 0 Å². The van der Waals surface area contributed by atoms with Gasteiger partial charge in [0.15, 0.2) is 0 Å². The fraction of sp³-hybridized carbons (Fsp3) is 0.179. The SMILES string of the molecule is Cc1ccc(SC2=C(Sc3ccc(C)cc3)C(=O)N(c3ccc(C(=O)OC(C)C)cc3)C2=O)cc1. The Morgan fingerprint density at radius 3 is 1.54 bits per heavy atom. The molecule has 7 heteroatoms. The van der Waals surface area contributed by atoms with Crippen LogP contribution in [0.5, 0.6) is 0 Å². The van der Waals surface area contributed by atoms with Crippen molar-refractivity contribution < 1.29 is 19.1 Å². The van der Waals surface area contributed by atoms with E-state index in [-0.39, 0.29) is 17.9 Å². The lowest BCUT2D eigenvalue weighted by molar-refractivity contribution is -0.120. The van der Waals surface area contributed by atoms with Gasteiger partial charge in [-0.05, 0) is 76.2 Å². The zero-order chi connectivity index (χ0) is 25.1. The Balaban J connectivity index is 1.66. The first-order valence-electron chi connectivity index (χ1n) is 11.2. The second-order valence-corrected chi connectivity index (χ2v) is 10.6. The summed E-state index contributed by atoms with van der Waals surface area (Å²) in [6, 6.07) is 22.0. The smallest absolute Gasteiger partial charge is 0.338 e. The molecule has 178 valence electrons. The molecule has 3 aromatic carbocycles. The number of hydrogen-bond donors (Lipinski definition) is 0. The van der Waals surface area contributed by atoms with Gasteiger partial charge in [0.2, 0.25) is 0 Å². The summed E-state index contributed by atoms with van der Waals surface area (Å²) in [5.74, 6) is -1.21. The molecule has 4 rings (SSSR count). The maximum Gasteiger partial charge on any atom is 0.338 e. The number of carbonyl (C=O) groups is 3. The molecule has 1 heterocycles. The maximum absolute atomic E-state index is 13.5. The Morgan fingerprint density at radius 2 is 1.14 bits per heavy atom. The van der Waals surface area contributed by atoms with Crippen LogP contribution in [-0.2, 0) is 14.3 Å². The van der Waals surface area contributed by atoms with Crippen molar-refractivity contribution >= 4 is 47.0 Å². The molecule has 0 aliphatic carbocycles. The predicted molar refractivity (Wildman–Crippen MR) is 141 cm³/mol. The number of benzene rings is 3. The number of amides is 2. The number of nitrogens with zero attached hydrogens (tertiary/aromatic N) is 1. The van der Waals surface area contributed by atoms with Gasteiger partial charge in [0.1, 0.15) is 0 Å². The summed E-state index contributed by atoms with van der Waals surface area (Å²) in [4.78, 5) is 42.9. The minimum atomic E-state index is -0.449. The monoisotopic (exact) mass is 503 g/mol. The molecule has 0 spiro atoms. The number of anilines is 1. The molecule has 3 aromatic rings. The Bertz CT molecular complexity index is 1220. The van der Waals surface area contributed by atoms with Crippen LogP contribution < -0.4 is 4.90 Å². The summed E-state index contributed by atoms with van der Waals surface area (Å²) in [5.41, 5.74) is 2.99. The van der Waals surface area contributed by atoms with Crippen LogP contribution in [0.25, 0.3) is 0 Å². The van der Waals surface area contributed by atoms with Gasteiger partial charge in [-0.3, -0.25) is 9.59 Å². The van der Waals surface area contributed by atoms with Crippen LogP contribution in [0.1, 0.15) is 35.3 Å². The first kappa shape index (κ1) is 24.8. The molecule has 2 amide bonds. The highest BCUT2D eigenvalue weighted by molar-refractivity contribution is 8.08. The molecule has 0 atom stereocenters. The van der Waals surface area contributed by atoms with Crippen LogP contribution in [0.15, 0.2) is 92.4 Å². The highest BCUT2D eigenvalue weighted by Gasteiger charge is 2.40. The van der Waals surface area contributed by atoms with Crippen molar-refractivity contribution in [1.82, 2.24) is 0 Å². The van der Waals surface area contributed by atoms with Gasteiger partial charge in [-0.25, -0.2) is 9.69 Å². The van der Waals surface area contributed by atoms with Gasteiger partial charge in [0.05, 0.1) is 27.2 Å². The van der Waals surface area contributed by atoms with E-state index in [1.165, 1.54) is 28.4 Å². The lowest BCUT2D eigenvalue weighted by Crippen LogP contribution is -2.31. The van der Waals surface area contributed by atoms with Gasteiger partial charge in [0.25, 0.3) is 11.8 Å². The number of thioether (sulfide) groups is 2. The fourth-order valence-corrected chi connectivity index (χ4v) is 5.36. The minimum Gasteiger partial charge on any atom is -0.459 e. The zero-order valence-electron chi connectivity index (χ0n) is 19.9. The molecule has 0 bridgehead atoms. The quantitative estimate of drug-likeness (QED) is 0.270. The van der Waals surface area contributed by atoms with Crippen LogP contribution in [0, 0.1) is 13.8 Å². The number of imide groups is 1. The summed E-state index contributed by atoms with van der Waals surface area (Å²) >= 11 is 2.58. The van der Waals surface area contributed by atoms with Crippen LogP contribution >= 0.6 is 23.5 Å². The normalized spacial score (nSPS) is 13.7. The molecular formula is C28H25NO4S2. The number of ether oxygens (including phenoxy) is 1. The van der Waals surface area contributed by atoms with E-state index >= 15 is 0 Å². The fourth-order valence-electron chi connectivity index (χ4n) is 3.38. The summed E-state index contributed by atoms with van der Waals surface area (Å²) in [6.45, 7) is 7.55. The lowest BCUT2D eigenvalue weighted by Gasteiger charge is -2.16. The maximum atomic E-state index is 13.5. The summed E-state index contributed by atoms with van der Waals surface area (Å²) in [5, 5.41) is 0. The summed E-state index contributed by atoms with van der Waals surface area (Å²) in [6.07, 6.45) is -0.240.